The van der Waals surface area contributed by atoms with Crippen molar-refractivity contribution < 1.29 is 62.1 Å². The number of carbonyl (C=O) groups is 3. The van der Waals surface area contributed by atoms with Crippen LogP contribution in [0.1, 0.15) is 121 Å². The first kappa shape index (κ1) is 64.2. The molecule has 14 nitrogen and oxygen atoms in total. The van der Waals surface area contributed by atoms with E-state index >= 15 is 0 Å². The number of carbonyl (C=O) groups excluding carboxylic acids is 3. The van der Waals surface area contributed by atoms with Crippen molar-refractivity contribution in [1.29, 1.82) is 5.41 Å². The number of thioether (sulfide) groups is 2. The van der Waals surface area contributed by atoms with Crippen LogP contribution in [0.5, 0.6) is 0 Å². The zero-order valence-electron chi connectivity index (χ0n) is 45.9. The average Bonchev–Trinajstić information content (AvgIpc) is 3.33. The first-order chi connectivity index (χ1) is 34.6. The maximum absolute atomic E-state index is 12.1. The highest BCUT2D eigenvalue weighted by Crippen LogP contribution is 2.43. The van der Waals surface area contributed by atoms with Gasteiger partial charge in [-0.05, 0) is 82.6 Å². The lowest BCUT2D eigenvalue weighted by molar-refractivity contribution is -0.314. The number of hydrogen-bond acceptors (Lipinski definition) is 16. The number of ether oxygens (including phenoxy) is 9. The fourth-order valence-electron chi connectivity index (χ4n) is 9.43. The number of nitrogens with one attached hydrogen (secondary N) is 1. The van der Waals surface area contributed by atoms with E-state index in [4.69, 9.17) is 82.8 Å². The number of aryl methyl sites for hydroxylation is 2. The lowest BCUT2D eigenvalue weighted by Crippen LogP contribution is -2.59. The Balaban J connectivity index is 0.000000260. The number of halogens is 3. The van der Waals surface area contributed by atoms with Crippen molar-refractivity contribution in [3.63, 3.8) is 0 Å². The summed E-state index contributed by atoms with van der Waals surface area (Å²) in [5.41, 5.74) is 1.48. The Labute approximate surface area is 463 Å². The van der Waals surface area contributed by atoms with Gasteiger partial charge in [-0.25, -0.2) is 0 Å². The van der Waals surface area contributed by atoms with Crippen molar-refractivity contribution in [2.24, 2.45) is 41.4 Å². The molecule has 4 saturated heterocycles. The van der Waals surface area contributed by atoms with Crippen molar-refractivity contribution in [2.45, 2.75) is 216 Å². The molecule has 4 heterocycles. The average molecular weight is 1140 g/mol. The van der Waals surface area contributed by atoms with Crippen molar-refractivity contribution in [2.75, 3.05) is 0 Å². The summed E-state index contributed by atoms with van der Waals surface area (Å²) in [5.74, 6) is -0.477. The molecule has 4 aliphatic rings. The van der Waals surface area contributed by atoms with Gasteiger partial charge in [0.05, 0.1) is 30.5 Å². The topological polar surface area (TPSA) is 178 Å². The third kappa shape index (κ3) is 17.8. The van der Waals surface area contributed by atoms with Crippen LogP contribution in [-0.2, 0) is 57.0 Å². The zero-order valence-corrected chi connectivity index (χ0v) is 49.8. The standard InChI is InChI=1S/C27H40O7S.C16H22O4S.C12H20Cl3NO2/c1-9-22-15(3)16(4)24(31-19(7)28)26(33-22)34-23-17(5)18(6)30-27(25(23)32-20(8)29)35-21-12-10-14(2)11-13-21;1-9-5-7-13(8-6-9)21-16-15(20-12(4)17)14(18)10(2)11(3)19-16;1-5-9-7(3)6(2)8(4)10(17-9)18-11(16)12(13,14)15/h10-13,15-18,22-27H,9H2,1-8H3;5-8,10-11,14-16,18H,1-4H3;6-10,16H,5H2,1-4H3/t15-,16-,17-,18?,22?,23-,24?,25?,26-,27-;10-,11?,14-,15?,16-;6-,7-,8?,9?,10?/m000/s1. The number of benzene rings is 2. The molecular weight excluding hydrogens is 1050 g/mol. The fraction of sp³-hybridized carbons (Fsp3) is 0.709. The summed E-state index contributed by atoms with van der Waals surface area (Å²) in [7, 11) is 0. The summed E-state index contributed by atoms with van der Waals surface area (Å²) in [5, 5.41) is 18.0. The molecule has 0 saturated carbocycles. The van der Waals surface area contributed by atoms with Gasteiger partial charge in [0.15, 0.2) is 24.6 Å². The monoisotopic (exact) mass is 1130 g/mol. The number of aliphatic hydroxyl groups is 1. The molecule has 6 rings (SSSR count). The first-order valence-electron chi connectivity index (χ1n) is 25.8. The highest BCUT2D eigenvalue weighted by molar-refractivity contribution is 8.00. The summed E-state index contributed by atoms with van der Waals surface area (Å²) < 4.78 is 51.4. The van der Waals surface area contributed by atoms with Crippen molar-refractivity contribution in [1.82, 2.24) is 0 Å². The molecule has 0 bridgehead atoms. The second-order valence-corrected chi connectivity index (χ2v) is 25.1. The van der Waals surface area contributed by atoms with Crippen molar-refractivity contribution >= 4 is 82.1 Å². The van der Waals surface area contributed by atoms with E-state index in [1.54, 1.807) is 0 Å². The molecule has 4 fully saturated rings. The lowest BCUT2D eigenvalue weighted by atomic mass is 9.78. The summed E-state index contributed by atoms with van der Waals surface area (Å²) in [6, 6.07) is 16.2. The summed E-state index contributed by atoms with van der Waals surface area (Å²) in [6.07, 6.45) is -2.83. The highest BCUT2D eigenvalue weighted by atomic mass is 35.6. The minimum atomic E-state index is -1.84. The predicted molar refractivity (Wildman–Crippen MR) is 291 cm³/mol. The molecule has 0 spiro atoms. The van der Waals surface area contributed by atoms with Gasteiger partial charge >= 0.3 is 17.9 Å². The Morgan fingerprint density at radius 1 is 0.541 bits per heavy atom. The van der Waals surface area contributed by atoms with Gasteiger partial charge in [0, 0.05) is 54.2 Å². The van der Waals surface area contributed by atoms with Crippen LogP contribution >= 0.6 is 58.3 Å². The molecule has 0 aliphatic carbocycles. The normalized spacial score (nSPS) is 36.1. The summed E-state index contributed by atoms with van der Waals surface area (Å²) >= 11 is 19.8. The Bertz CT molecular complexity index is 2100. The molecule has 2 aromatic carbocycles. The van der Waals surface area contributed by atoms with Gasteiger partial charge in [-0.1, -0.05) is 156 Å². The molecular formula is C55H82Cl3NO13S2. The lowest BCUT2D eigenvalue weighted by Gasteiger charge is -2.48. The third-order valence-electron chi connectivity index (χ3n) is 15.0. The first-order valence-corrected chi connectivity index (χ1v) is 28.7. The second kappa shape index (κ2) is 29.0. The van der Waals surface area contributed by atoms with E-state index in [-0.39, 0.29) is 65.9 Å². The van der Waals surface area contributed by atoms with Gasteiger partial charge in [0.1, 0.15) is 17.0 Å². The van der Waals surface area contributed by atoms with E-state index in [1.165, 1.54) is 55.4 Å². The molecule has 0 amide bonds. The second-order valence-electron chi connectivity index (χ2n) is 20.5. The smallest absolute Gasteiger partial charge is 0.303 e. The molecule has 418 valence electrons. The largest absolute Gasteiger partial charge is 0.457 e. The molecule has 4 aliphatic heterocycles. The number of esters is 3. The third-order valence-corrected chi connectivity index (χ3v) is 17.8. The molecule has 0 radical (unpaired) electrons. The number of hydrogen-bond donors (Lipinski definition) is 2. The minimum absolute atomic E-state index is 0.0284. The molecule has 2 N–H and O–H groups in total. The van der Waals surface area contributed by atoms with Crippen LogP contribution in [-0.4, -0.2) is 111 Å². The highest BCUT2D eigenvalue weighted by Gasteiger charge is 2.51. The van der Waals surface area contributed by atoms with E-state index in [2.05, 4.69) is 41.5 Å². The van der Waals surface area contributed by atoms with Crippen molar-refractivity contribution in [3.8, 4) is 0 Å². The van der Waals surface area contributed by atoms with E-state index in [1.807, 2.05) is 97.0 Å². The Hall–Kier alpha value is -2.35. The molecule has 2 aromatic rings. The van der Waals surface area contributed by atoms with Crippen LogP contribution in [0.4, 0.5) is 0 Å². The Morgan fingerprint density at radius 2 is 0.946 bits per heavy atom. The summed E-state index contributed by atoms with van der Waals surface area (Å²) in [4.78, 5) is 37.4. The van der Waals surface area contributed by atoms with E-state index in [0.717, 1.165) is 22.6 Å². The summed E-state index contributed by atoms with van der Waals surface area (Å²) in [6.45, 7) is 30.7. The molecule has 0 aromatic heterocycles. The molecule has 19 heteroatoms. The maximum atomic E-state index is 12.1. The van der Waals surface area contributed by atoms with Crippen molar-refractivity contribution in [3.05, 3.63) is 59.7 Å². The van der Waals surface area contributed by atoms with Crippen LogP contribution in [0.25, 0.3) is 0 Å². The predicted octanol–water partition coefficient (Wildman–Crippen LogP) is 12.3. The van der Waals surface area contributed by atoms with Gasteiger partial charge < -0.3 is 47.7 Å². The van der Waals surface area contributed by atoms with E-state index < -0.39 is 69.7 Å². The van der Waals surface area contributed by atoms with Crippen LogP contribution in [0.15, 0.2) is 58.3 Å². The number of aliphatic hydroxyl groups excluding tert-OH is 1. The minimum Gasteiger partial charge on any atom is -0.457 e. The quantitative estimate of drug-likeness (QED) is 0.0674. The Kier molecular flexibility index (Phi) is 25.2. The molecule has 9 unspecified atom stereocenters. The van der Waals surface area contributed by atoms with Gasteiger partial charge in [0.25, 0.3) is 3.79 Å². The maximum Gasteiger partial charge on any atom is 0.303 e. The molecule has 20 atom stereocenters. The molecule has 74 heavy (non-hydrogen) atoms. The van der Waals surface area contributed by atoms with Gasteiger partial charge in [-0.2, -0.15) is 0 Å². The van der Waals surface area contributed by atoms with Gasteiger partial charge in [-0.15, -0.1) is 0 Å². The number of alkyl halides is 3. The van der Waals surface area contributed by atoms with Gasteiger partial charge in [0.2, 0.25) is 12.2 Å². The van der Waals surface area contributed by atoms with Crippen LogP contribution in [0.2, 0.25) is 0 Å². The van der Waals surface area contributed by atoms with E-state index in [0.29, 0.717) is 11.8 Å². The van der Waals surface area contributed by atoms with Crippen LogP contribution < -0.4 is 0 Å². The zero-order chi connectivity index (χ0) is 55.5. The number of rotatable bonds is 12. The Morgan fingerprint density at radius 3 is 1.39 bits per heavy atom. The fourth-order valence-corrected chi connectivity index (χ4v) is 11.8. The van der Waals surface area contributed by atoms with Crippen LogP contribution in [0.3, 0.4) is 0 Å². The van der Waals surface area contributed by atoms with Gasteiger partial charge in [-0.3, -0.25) is 19.8 Å². The van der Waals surface area contributed by atoms with Crippen LogP contribution in [0, 0.1) is 60.7 Å². The SMILES string of the molecule is CC(=O)OC1[C@@H](O)[C@@H](C)C(C)O[C@H]1Sc1ccc(C)cc1.CCC1OC(OC(=N)C(Cl)(Cl)Cl)C(C)[C@@H](C)[C@@H]1C.CCC1O[C@@H](O[C@@H]2C(OC(C)=O)[C@H](Sc3ccc(C)cc3)OC(C)[C@@H]2C)C(OC(C)=O)[C@@H](C)[C@@H]1C. The van der Waals surface area contributed by atoms with E-state index in [9.17, 15) is 19.5 Å².